The number of carbonyl (C=O) groups excluding carboxylic acids is 1. The molecule has 1 atom stereocenters. The fraction of sp³-hybridized carbons (Fsp3) is 0.429. The molecule has 4 nitrogen and oxygen atoms in total. The van der Waals surface area contributed by atoms with E-state index >= 15 is 0 Å². The lowest BCUT2D eigenvalue weighted by Crippen LogP contribution is -2.27. The van der Waals surface area contributed by atoms with E-state index in [-0.39, 0.29) is 24.8 Å². The molecule has 0 radical (unpaired) electrons. The molecule has 0 fully saturated rings. The molecule has 1 rings (SSSR count). The van der Waals surface area contributed by atoms with E-state index in [1.807, 2.05) is 37.3 Å². The lowest BCUT2D eigenvalue weighted by Gasteiger charge is -2.14. The Labute approximate surface area is 107 Å². The molecule has 2 N–H and O–H groups in total. The molecular weight excluding hydrogens is 230 g/mol. The highest BCUT2D eigenvalue weighted by atomic mass is 16.4. The molecule has 1 aromatic rings. The minimum atomic E-state index is -0.898. The molecule has 0 bridgehead atoms. The van der Waals surface area contributed by atoms with Gasteiger partial charge in [-0.25, -0.2) is 0 Å². The predicted octanol–water partition coefficient (Wildman–Crippen LogP) is 2.16. The maximum Gasteiger partial charge on any atom is 0.305 e. The Morgan fingerprint density at radius 2 is 1.94 bits per heavy atom. The highest BCUT2D eigenvalue weighted by Crippen LogP contribution is 2.22. The first-order valence-corrected chi connectivity index (χ1v) is 6.17. The number of rotatable bonds is 7. The summed E-state index contributed by atoms with van der Waals surface area (Å²) in [6.07, 6.45) is 1.25. The van der Waals surface area contributed by atoms with Crippen molar-refractivity contribution in [3.8, 4) is 0 Å². The molecule has 1 unspecified atom stereocenters. The lowest BCUT2D eigenvalue weighted by atomic mass is 9.93. The number of nitrogens with one attached hydrogen (secondary N) is 1. The zero-order chi connectivity index (χ0) is 13.4. The van der Waals surface area contributed by atoms with Crippen LogP contribution in [0.4, 0.5) is 0 Å². The second kappa shape index (κ2) is 7.48. The third-order valence-corrected chi connectivity index (χ3v) is 2.86. The van der Waals surface area contributed by atoms with Crippen LogP contribution in [0, 0.1) is 0 Å². The zero-order valence-corrected chi connectivity index (χ0v) is 10.6. The van der Waals surface area contributed by atoms with Crippen LogP contribution in [0.15, 0.2) is 30.3 Å². The third-order valence-electron chi connectivity index (χ3n) is 2.86. The molecule has 18 heavy (non-hydrogen) atoms. The number of hydrogen-bond donors (Lipinski definition) is 2. The van der Waals surface area contributed by atoms with Crippen LogP contribution in [0.1, 0.15) is 37.7 Å². The van der Waals surface area contributed by atoms with Crippen LogP contribution in [-0.4, -0.2) is 23.5 Å². The average molecular weight is 249 g/mol. The largest absolute Gasteiger partial charge is 0.481 e. The molecule has 0 aliphatic heterocycles. The Hall–Kier alpha value is -1.84. The zero-order valence-electron chi connectivity index (χ0n) is 10.6. The molecule has 0 spiro atoms. The third kappa shape index (κ3) is 4.99. The van der Waals surface area contributed by atoms with Gasteiger partial charge in [0.25, 0.3) is 0 Å². The normalized spacial score (nSPS) is 11.8. The fourth-order valence-electron chi connectivity index (χ4n) is 1.83. The molecular formula is C14H19NO3. The number of carboxylic acid groups (broad SMARTS) is 1. The van der Waals surface area contributed by atoms with E-state index < -0.39 is 5.97 Å². The van der Waals surface area contributed by atoms with Gasteiger partial charge in [0, 0.05) is 13.0 Å². The fourth-order valence-corrected chi connectivity index (χ4v) is 1.83. The van der Waals surface area contributed by atoms with Crippen molar-refractivity contribution < 1.29 is 14.7 Å². The van der Waals surface area contributed by atoms with Gasteiger partial charge < -0.3 is 10.4 Å². The van der Waals surface area contributed by atoms with Crippen molar-refractivity contribution >= 4 is 11.9 Å². The van der Waals surface area contributed by atoms with E-state index in [9.17, 15) is 9.59 Å². The van der Waals surface area contributed by atoms with Gasteiger partial charge in [-0.1, -0.05) is 37.3 Å². The Bertz CT molecular complexity index is 389. The van der Waals surface area contributed by atoms with Crippen LogP contribution >= 0.6 is 0 Å². The van der Waals surface area contributed by atoms with Gasteiger partial charge in [0.1, 0.15) is 0 Å². The molecule has 0 saturated carbocycles. The van der Waals surface area contributed by atoms with Gasteiger partial charge in [-0.2, -0.15) is 0 Å². The summed E-state index contributed by atoms with van der Waals surface area (Å²) in [6.45, 7) is 2.24. The number of aliphatic carboxylic acids is 1. The molecule has 1 aromatic carbocycles. The summed E-state index contributed by atoms with van der Waals surface area (Å²) >= 11 is 0. The molecule has 0 saturated heterocycles. The molecule has 0 aliphatic carbocycles. The molecule has 0 aliphatic rings. The Morgan fingerprint density at radius 3 is 2.50 bits per heavy atom. The Balaban J connectivity index is 2.44. The number of amides is 1. The number of benzene rings is 1. The van der Waals surface area contributed by atoms with Crippen LogP contribution < -0.4 is 5.32 Å². The Morgan fingerprint density at radius 1 is 1.28 bits per heavy atom. The van der Waals surface area contributed by atoms with Crippen molar-refractivity contribution in [2.75, 3.05) is 6.54 Å². The minimum Gasteiger partial charge on any atom is -0.481 e. The maximum atomic E-state index is 11.7. The predicted molar refractivity (Wildman–Crippen MR) is 69.4 cm³/mol. The molecule has 0 heterocycles. The second-order valence-electron chi connectivity index (χ2n) is 4.21. The van der Waals surface area contributed by atoms with Crippen LogP contribution in [0.2, 0.25) is 0 Å². The SMILES string of the molecule is CCC(CC(=O)NCCC(=O)O)c1ccccc1. The van der Waals surface area contributed by atoms with E-state index in [0.717, 1.165) is 12.0 Å². The highest BCUT2D eigenvalue weighted by molar-refractivity contribution is 5.77. The first kappa shape index (κ1) is 14.2. The summed E-state index contributed by atoms with van der Waals surface area (Å²) in [5, 5.41) is 11.1. The van der Waals surface area contributed by atoms with Crippen LogP contribution in [-0.2, 0) is 9.59 Å². The van der Waals surface area contributed by atoms with Gasteiger partial charge in [0.15, 0.2) is 0 Å². The number of carbonyl (C=O) groups is 2. The molecule has 0 aromatic heterocycles. The van der Waals surface area contributed by atoms with Crippen LogP contribution in [0.25, 0.3) is 0 Å². The molecule has 4 heteroatoms. The topological polar surface area (TPSA) is 66.4 Å². The van der Waals surface area contributed by atoms with E-state index in [1.54, 1.807) is 0 Å². The van der Waals surface area contributed by atoms with E-state index in [4.69, 9.17) is 5.11 Å². The standard InChI is InChI=1S/C14H19NO3/c1-2-11(12-6-4-3-5-7-12)10-13(16)15-9-8-14(17)18/h3-7,11H,2,8-10H2,1H3,(H,15,16)(H,17,18). The van der Waals surface area contributed by atoms with Gasteiger partial charge in [0.2, 0.25) is 5.91 Å². The van der Waals surface area contributed by atoms with Crippen LogP contribution in [0.5, 0.6) is 0 Å². The Kier molecular flexibility index (Phi) is 5.91. The monoisotopic (exact) mass is 249 g/mol. The van der Waals surface area contributed by atoms with Crippen molar-refractivity contribution in [1.82, 2.24) is 5.32 Å². The van der Waals surface area contributed by atoms with Crippen LogP contribution in [0.3, 0.4) is 0 Å². The van der Waals surface area contributed by atoms with Gasteiger partial charge in [-0.05, 0) is 17.9 Å². The summed E-state index contributed by atoms with van der Waals surface area (Å²) in [4.78, 5) is 22.0. The summed E-state index contributed by atoms with van der Waals surface area (Å²) < 4.78 is 0. The van der Waals surface area contributed by atoms with Crippen molar-refractivity contribution in [2.45, 2.75) is 32.1 Å². The molecule has 1 amide bonds. The maximum absolute atomic E-state index is 11.7. The second-order valence-corrected chi connectivity index (χ2v) is 4.21. The quantitative estimate of drug-likeness (QED) is 0.778. The lowest BCUT2D eigenvalue weighted by molar-refractivity contribution is -0.136. The highest BCUT2D eigenvalue weighted by Gasteiger charge is 2.13. The van der Waals surface area contributed by atoms with Gasteiger partial charge in [0.05, 0.1) is 6.42 Å². The van der Waals surface area contributed by atoms with Gasteiger partial charge >= 0.3 is 5.97 Å². The number of hydrogen-bond acceptors (Lipinski definition) is 2. The van der Waals surface area contributed by atoms with E-state index in [2.05, 4.69) is 5.32 Å². The summed E-state index contributed by atoms with van der Waals surface area (Å²) in [5.74, 6) is -0.798. The van der Waals surface area contributed by atoms with E-state index in [1.165, 1.54) is 0 Å². The first-order valence-electron chi connectivity index (χ1n) is 6.17. The van der Waals surface area contributed by atoms with E-state index in [0.29, 0.717) is 6.42 Å². The number of carboxylic acids is 1. The molecule has 98 valence electrons. The van der Waals surface area contributed by atoms with Crippen molar-refractivity contribution in [3.05, 3.63) is 35.9 Å². The van der Waals surface area contributed by atoms with Crippen molar-refractivity contribution in [1.29, 1.82) is 0 Å². The summed E-state index contributed by atoms with van der Waals surface area (Å²) in [5.41, 5.74) is 1.15. The smallest absolute Gasteiger partial charge is 0.305 e. The summed E-state index contributed by atoms with van der Waals surface area (Å²) in [6, 6.07) is 9.89. The van der Waals surface area contributed by atoms with Crippen molar-refractivity contribution in [3.63, 3.8) is 0 Å². The van der Waals surface area contributed by atoms with Gasteiger partial charge in [-0.3, -0.25) is 9.59 Å². The summed E-state index contributed by atoms with van der Waals surface area (Å²) in [7, 11) is 0. The van der Waals surface area contributed by atoms with Crippen molar-refractivity contribution in [2.24, 2.45) is 0 Å². The van der Waals surface area contributed by atoms with Gasteiger partial charge in [-0.15, -0.1) is 0 Å². The first-order chi connectivity index (χ1) is 8.63. The minimum absolute atomic E-state index is 0.0339. The average Bonchev–Trinajstić information content (AvgIpc) is 2.36.